The average Bonchev–Trinajstić information content (AvgIpc) is 3.36. The smallest absolute Gasteiger partial charge is 0.307 e. The zero-order chi connectivity index (χ0) is 21.0. The van der Waals surface area contributed by atoms with Gasteiger partial charge in [0.1, 0.15) is 5.52 Å². The van der Waals surface area contributed by atoms with Crippen LogP contribution in [-0.4, -0.2) is 47.6 Å². The SMILES string of the molecule is O=C(O)Cc1c[nH]c2c(=O)[nH]c3ccc(S(=O)(=O)NN4CC5C=CCC5C4)cc3c12. The first-order chi connectivity index (χ1) is 14.3. The van der Waals surface area contributed by atoms with Gasteiger partial charge >= 0.3 is 5.97 Å². The largest absolute Gasteiger partial charge is 0.481 e. The van der Waals surface area contributed by atoms with Crippen LogP contribution in [0.4, 0.5) is 0 Å². The van der Waals surface area contributed by atoms with Gasteiger partial charge in [0, 0.05) is 35.6 Å². The highest BCUT2D eigenvalue weighted by atomic mass is 32.2. The number of aromatic amines is 2. The van der Waals surface area contributed by atoms with Crippen molar-refractivity contribution in [1.29, 1.82) is 0 Å². The van der Waals surface area contributed by atoms with Crippen molar-refractivity contribution in [1.82, 2.24) is 19.8 Å². The van der Waals surface area contributed by atoms with Gasteiger partial charge in [0.2, 0.25) is 0 Å². The zero-order valence-electron chi connectivity index (χ0n) is 15.9. The predicted molar refractivity (Wildman–Crippen MR) is 110 cm³/mol. The Hall–Kier alpha value is -2.95. The molecule has 30 heavy (non-hydrogen) atoms. The predicted octanol–water partition coefficient (Wildman–Crippen LogP) is 1.34. The maximum atomic E-state index is 13.0. The van der Waals surface area contributed by atoms with Crippen molar-refractivity contribution in [3.8, 4) is 0 Å². The number of benzene rings is 1. The lowest BCUT2D eigenvalue weighted by Crippen LogP contribution is -2.40. The summed E-state index contributed by atoms with van der Waals surface area (Å²) >= 11 is 0. The summed E-state index contributed by atoms with van der Waals surface area (Å²) in [6.45, 7) is 1.29. The van der Waals surface area contributed by atoms with E-state index in [1.807, 2.05) is 0 Å². The fraction of sp³-hybridized carbons (Fsp3) is 0.300. The fourth-order valence-corrected chi connectivity index (χ4v) is 5.65. The van der Waals surface area contributed by atoms with E-state index in [-0.39, 0.29) is 22.4 Å². The molecule has 0 amide bonds. The lowest BCUT2D eigenvalue weighted by molar-refractivity contribution is -0.136. The molecule has 1 aromatic carbocycles. The Morgan fingerprint density at radius 3 is 2.90 bits per heavy atom. The number of carboxylic acid groups (broad SMARTS) is 1. The molecular formula is C20H20N4O5S. The van der Waals surface area contributed by atoms with Gasteiger partial charge in [-0.3, -0.25) is 9.59 Å². The van der Waals surface area contributed by atoms with Gasteiger partial charge in [-0.15, -0.1) is 4.83 Å². The number of carbonyl (C=O) groups is 1. The molecule has 2 unspecified atom stereocenters. The molecule has 4 N–H and O–H groups in total. The Morgan fingerprint density at radius 1 is 1.30 bits per heavy atom. The van der Waals surface area contributed by atoms with E-state index in [1.165, 1.54) is 24.4 Å². The van der Waals surface area contributed by atoms with Gasteiger partial charge in [0.05, 0.1) is 11.3 Å². The van der Waals surface area contributed by atoms with E-state index < -0.39 is 16.0 Å². The second-order valence-electron chi connectivity index (χ2n) is 7.88. The minimum atomic E-state index is -3.83. The molecule has 9 nitrogen and oxygen atoms in total. The standard InChI is InChI=1S/C20H20N4O5S/c25-17(26)6-13-8-21-19-18(13)15-7-14(4-5-16(15)22-20(19)27)30(28,29)23-24-9-11-2-1-3-12(11)10-24/h1-2,4-5,7-8,11-12,21,23H,3,6,9-10H2,(H,22,27)(H,25,26). The van der Waals surface area contributed by atoms with E-state index in [1.54, 1.807) is 5.01 Å². The van der Waals surface area contributed by atoms with Crippen LogP contribution in [0.2, 0.25) is 0 Å². The fourth-order valence-electron chi connectivity index (χ4n) is 4.53. The van der Waals surface area contributed by atoms with E-state index in [4.69, 9.17) is 0 Å². The van der Waals surface area contributed by atoms with Gasteiger partial charge in [0.15, 0.2) is 0 Å². The van der Waals surface area contributed by atoms with Crippen LogP contribution in [0.25, 0.3) is 21.8 Å². The van der Waals surface area contributed by atoms with Crippen LogP contribution in [0, 0.1) is 11.8 Å². The average molecular weight is 428 g/mol. The quantitative estimate of drug-likeness (QED) is 0.453. The second kappa shape index (κ2) is 6.79. The van der Waals surface area contributed by atoms with E-state index in [9.17, 15) is 23.1 Å². The Labute approximate surface area is 171 Å². The minimum Gasteiger partial charge on any atom is -0.481 e. The van der Waals surface area contributed by atoms with Crippen molar-refractivity contribution in [3.63, 3.8) is 0 Å². The molecule has 10 heteroatoms. The summed E-state index contributed by atoms with van der Waals surface area (Å²) in [6.07, 6.45) is 6.44. The third kappa shape index (κ3) is 3.13. The van der Waals surface area contributed by atoms with E-state index in [0.717, 1.165) is 6.42 Å². The lowest BCUT2D eigenvalue weighted by Gasteiger charge is -2.18. The third-order valence-electron chi connectivity index (χ3n) is 5.91. The molecule has 1 aliphatic carbocycles. The Kier molecular flexibility index (Phi) is 4.31. The van der Waals surface area contributed by atoms with Gasteiger partial charge < -0.3 is 15.1 Å². The summed E-state index contributed by atoms with van der Waals surface area (Å²) in [5.74, 6) is -0.233. The molecule has 0 spiro atoms. The number of fused-ring (bicyclic) bond motifs is 4. The van der Waals surface area contributed by atoms with Crippen molar-refractivity contribution in [3.05, 3.63) is 52.5 Å². The van der Waals surface area contributed by atoms with E-state index in [2.05, 4.69) is 27.0 Å². The Balaban J connectivity index is 1.56. The molecule has 2 atom stereocenters. The van der Waals surface area contributed by atoms with Crippen LogP contribution in [0.3, 0.4) is 0 Å². The molecule has 5 rings (SSSR count). The number of nitrogens with one attached hydrogen (secondary N) is 3. The number of carboxylic acids is 1. The number of aromatic nitrogens is 2. The molecule has 3 aromatic rings. The molecular weight excluding hydrogens is 408 g/mol. The highest BCUT2D eigenvalue weighted by molar-refractivity contribution is 7.89. The molecule has 1 aliphatic heterocycles. The maximum Gasteiger partial charge on any atom is 0.307 e. The zero-order valence-corrected chi connectivity index (χ0v) is 16.7. The number of hydrogen-bond acceptors (Lipinski definition) is 5. The highest BCUT2D eigenvalue weighted by Gasteiger charge is 2.35. The van der Waals surface area contributed by atoms with Gasteiger partial charge in [0.25, 0.3) is 15.6 Å². The van der Waals surface area contributed by atoms with Crippen LogP contribution >= 0.6 is 0 Å². The number of pyridine rings is 1. The summed E-state index contributed by atoms with van der Waals surface area (Å²) in [5.41, 5.74) is 0.703. The normalized spacial score (nSPS) is 21.6. The first-order valence-corrected chi connectivity index (χ1v) is 11.1. The first kappa shape index (κ1) is 19.0. The Bertz CT molecular complexity index is 1370. The summed E-state index contributed by atoms with van der Waals surface area (Å²) in [7, 11) is -3.83. The number of aliphatic carboxylic acids is 1. The van der Waals surface area contributed by atoms with Gasteiger partial charge in [-0.2, -0.15) is 0 Å². The number of rotatable bonds is 5. The van der Waals surface area contributed by atoms with Crippen LogP contribution in [-0.2, 0) is 21.2 Å². The number of H-pyrrole nitrogens is 2. The van der Waals surface area contributed by atoms with Crippen LogP contribution in [0.5, 0.6) is 0 Å². The van der Waals surface area contributed by atoms with Crippen molar-refractivity contribution in [2.75, 3.05) is 13.1 Å². The van der Waals surface area contributed by atoms with Gasteiger partial charge in [-0.25, -0.2) is 13.4 Å². The Morgan fingerprint density at radius 2 is 2.13 bits per heavy atom. The summed E-state index contributed by atoms with van der Waals surface area (Å²) < 4.78 is 26.0. The second-order valence-corrected chi connectivity index (χ2v) is 9.54. The maximum absolute atomic E-state index is 13.0. The molecule has 1 saturated heterocycles. The summed E-state index contributed by atoms with van der Waals surface area (Å²) in [6, 6.07) is 4.45. The number of allylic oxidation sites excluding steroid dienone is 1. The van der Waals surface area contributed by atoms with Gasteiger partial charge in [-0.05, 0) is 42.0 Å². The molecule has 0 saturated carbocycles. The molecule has 0 radical (unpaired) electrons. The molecule has 0 bridgehead atoms. The number of hydrogen-bond donors (Lipinski definition) is 4. The van der Waals surface area contributed by atoms with Crippen LogP contribution in [0.1, 0.15) is 12.0 Å². The van der Waals surface area contributed by atoms with Crippen molar-refractivity contribution >= 4 is 37.8 Å². The third-order valence-corrected chi connectivity index (χ3v) is 7.29. The van der Waals surface area contributed by atoms with Crippen molar-refractivity contribution in [2.45, 2.75) is 17.7 Å². The topological polar surface area (TPSA) is 135 Å². The van der Waals surface area contributed by atoms with Gasteiger partial charge in [-0.1, -0.05) is 12.2 Å². The monoisotopic (exact) mass is 428 g/mol. The summed E-state index contributed by atoms with van der Waals surface area (Å²) in [5, 5.41) is 11.8. The van der Waals surface area contributed by atoms with E-state index >= 15 is 0 Å². The van der Waals surface area contributed by atoms with Crippen molar-refractivity contribution in [2.24, 2.45) is 11.8 Å². The van der Waals surface area contributed by atoms with Crippen LogP contribution < -0.4 is 10.4 Å². The first-order valence-electron chi connectivity index (χ1n) is 9.63. The van der Waals surface area contributed by atoms with Crippen molar-refractivity contribution < 1.29 is 18.3 Å². The van der Waals surface area contributed by atoms with E-state index in [0.29, 0.717) is 46.8 Å². The van der Waals surface area contributed by atoms with Crippen LogP contribution in [0.15, 0.2) is 46.2 Å². The molecule has 1 fully saturated rings. The molecule has 2 aromatic heterocycles. The molecule has 2 aliphatic rings. The highest BCUT2D eigenvalue weighted by Crippen LogP contribution is 2.32. The lowest BCUT2D eigenvalue weighted by atomic mass is 10.0. The number of nitrogens with zero attached hydrogens (tertiary/aromatic N) is 1. The number of hydrazine groups is 1. The number of sulfonamides is 1. The molecule has 156 valence electrons. The summed E-state index contributed by atoms with van der Waals surface area (Å²) in [4.78, 5) is 31.8. The molecule has 3 heterocycles. The minimum absolute atomic E-state index is 0.0541.